The molecule has 0 amide bonds. The fourth-order valence-electron chi connectivity index (χ4n) is 13.4. The summed E-state index contributed by atoms with van der Waals surface area (Å²) in [6.45, 7) is 14.9. The van der Waals surface area contributed by atoms with E-state index in [1.165, 1.54) is 86.2 Å². The molecule has 5 fully saturated rings. The Morgan fingerprint density at radius 2 is 1.62 bits per heavy atom. The average molecular weight is 646 g/mol. The number of ether oxygens (including phenoxy) is 1. The molecule has 3 heteroatoms. The van der Waals surface area contributed by atoms with Crippen LogP contribution in [0, 0.1) is 23.7 Å². The molecule has 2 aromatic carbocycles. The summed E-state index contributed by atoms with van der Waals surface area (Å²) in [6, 6.07) is 21.6. The van der Waals surface area contributed by atoms with Crippen LogP contribution in [0.5, 0.6) is 0 Å². The highest BCUT2D eigenvalue weighted by Gasteiger charge is 2.62. The molecule has 3 aliphatic carbocycles. The lowest BCUT2D eigenvalue weighted by Gasteiger charge is -2.55. The van der Waals surface area contributed by atoms with Crippen LogP contribution < -0.4 is 4.57 Å². The van der Waals surface area contributed by atoms with Gasteiger partial charge in [0, 0.05) is 37.0 Å². The Hall–Kier alpha value is -2.23. The van der Waals surface area contributed by atoms with Crippen LogP contribution in [0.15, 0.2) is 54.7 Å². The van der Waals surface area contributed by atoms with E-state index < -0.39 is 0 Å². The van der Waals surface area contributed by atoms with Crippen molar-refractivity contribution in [3.63, 3.8) is 0 Å². The second-order valence-corrected chi connectivity index (χ2v) is 17.9. The molecular weight excluding hydrogens is 585 g/mol. The minimum Gasteiger partial charge on any atom is -0.372 e. The van der Waals surface area contributed by atoms with Crippen molar-refractivity contribution < 1.29 is 9.30 Å². The molecule has 4 heterocycles. The molecule has 0 N–H and O–H groups in total. The molecule has 3 aliphatic heterocycles. The molecular formula is C45H61N2O+. The molecule has 0 radical (unpaired) electrons. The highest BCUT2D eigenvalue weighted by Crippen LogP contribution is 2.58. The highest BCUT2D eigenvalue weighted by atomic mass is 16.5. The van der Waals surface area contributed by atoms with Gasteiger partial charge in [0.2, 0.25) is 5.69 Å². The monoisotopic (exact) mass is 645 g/mol. The van der Waals surface area contributed by atoms with Gasteiger partial charge in [-0.15, -0.1) is 0 Å². The summed E-state index contributed by atoms with van der Waals surface area (Å²) in [7, 11) is 0. The number of aromatic nitrogens is 1. The molecule has 12 unspecified atom stereocenters. The van der Waals surface area contributed by atoms with Crippen molar-refractivity contribution in [2.24, 2.45) is 23.7 Å². The summed E-state index contributed by atoms with van der Waals surface area (Å²) in [5.41, 5.74) is 6.33. The molecule has 3 nitrogen and oxygen atoms in total. The maximum Gasteiger partial charge on any atom is 0.221 e. The fraction of sp³-hybridized carbons (Fsp3) is 0.667. The number of hydrogen-bond acceptors (Lipinski definition) is 2. The average Bonchev–Trinajstić information content (AvgIpc) is 3.43. The molecule has 3 saturated carbocycles. The Morgan fingerprint density at radius 3 is 2.44 bits per heavy atom. The van der Waals surface area contributed by atoms with Gasteiger partial charge in [-0.2, -0.15) is 4.57 Å². The van der Waals surface area contributed by atoms with Gasteiger partial charge in [-0.3, -0.25) is 4.90 Å². The predicted octanol–water partition coefficient (Wildman–Crippen LogP) is 10.3. The van der Waals surface area contributed by atoms with Gasteiger partial charge in [-0.05, 0) is 129 Å². The third-order valence-corrected chi connectivity index (χ3v) is 15.7. The van der Waals surface area contributed by atoms with E-state index in [9.17, 15) is 0 Å². The fourth-order valence-corrected chi connectivity index (χ4v) is 13.4. The molecule has 3 aromatic rings. The van der Waals surface area contributed by atoms with Crippen LogP contribution >= 0.6 is 0 Å². The number of benzene rings is 2. The van der Waals surface area contributed by atoms with Crippen LogP contribution in [0.25, 0.3) is 22.0 Å². The van der Waals surface area contributed by atoms with Gasteiger partial charge in [0.05, 0.1) is 28.6 Å². The second-order valence-electron chi connectivity index (χ2n) is 17.9. The Balaban J connectivity index is 1.12. The van der Waals surface area contributed by atoms with Crippen LogP contribution in [0.1, 0.15) is 136 Å². The molecule has 0 spiro atoms. The van der Waals surface area contributed by atoms with E-state index in [2.05, 4.69) is 106 Å². The first-order valence-corrected chi connectivity index (χ1v) is 20.3. The lowest BCUT2D eigenvalue weighted by Crippen LogP contribution is -2.69. The van der Waals surface area contributed by atoms with Gasteiger partial charge in [0.15, 0.2) is 11.7 Å². The van der Waals surface area contributed by atoms with Crippen LogP contribution in [0.3, 0.4) is 0 Å². The van der Waals surface area contributed by atoms with Crippen molar-refractivity contribution in [3.05, 3.63) is 65.9 Å². The third-order valence-electron chi connectivity index (χ3n) is 15.7. The normalized spacial score (nSPS) is 41.6. The zero-order chi connectivity index (χ0) is 32.9. The quantitative estimate of drug-likeness (QED) is 0.257. The van der Waals surface area contributed by atoms with Crippen molar-refractivity contribution in [3.8, 4) is 11.3 Å². The maximum atomic E-state index is 7.09. The molecule has 2 saturated heterocycles. The predicted molar refractivity (Wildman–Crippen MR) is 197 cm³/mol. The third kappa shape index (κ3) is 4.34. The van der Waals surface area contributed by atoms with Gasteiger partial charge in [-0.1, -0.05) is 65.0 Å². The molecule has 9 rings (SSSR count). The smallest absolute Gasteiger partial charge is 0.221 e. The van der Waals surface area contributed by atoms with Crippen molar-refractivity contribution in [2.75, 3.05) is 0 Å². The van der Waals surface area contributed by atoms with Crippen LogP contribution in [0.4, 0.5) is 0 Å². The van der Waals surface area contributed by atoms with Crippen molar-refractivity contribution in [1.82, 2.24) is 4.90 Å². The number of hydrogen-bond donors (Lipinski definition) is 0. The first kappa shape index (κ1) is 31.7. The molecule has 1 aromatic heterocycles. The SMILES string of the molecule is CCCC1(CC)[n+]2ccc3ccccc3c2-c2cc(C3CCC4C(C3)C3CC(C)CC5OC6CC(C)CCC6N4C53)ccc2C1(C)CC. The van der Waals surface area contributed by atoms with Gasteiger partial charge in [0.1, 0.15) is 0 Å². The molecule has 48 heavy (non-hydrogen) atoms. The number of pyridine rings is 1. The van der Waals surface area contributed by atoms with Gasteiger partial charge < -0.3 is 4.74 Å². The number of fused-ring (bicyclic) bond motifs is 10. The van der Waals surface area contributed by atoms with Gasteiger partial charge in [-0.25, -0.2) is 0 Å². The molecule has 0 bridgehead atoms. The summed E-state index contributed by atoms with van der Waals surface area (Å²) >= 11 is 0. The van der Waals surface area contributed by atoms with Crippen LogP contribution in [0.2, 0.25) is 0 Å². The van der Waals surface area contributed by atoms with Crippen molar-refractivity contribution >= 4 is 10.8 Å². The first-order valence-electron chi connectivity index (χ1n) is 20.3. The first-order chi connectivity index (χ1) is 23.3. The summed E-state index contributed by atoms with van der Waals surface area (Å²) in [6.07, 6.45) is 18.9. The number of morpholine rings is 1. The molecule has 6 aliphatic rings. The van der Waals surface area contributed by atoms with E-state index in [1.54, 1.807) is 11.1 Å². The van der Waals surface area contributed by atoms with E-state index in [0.717, 1.165) is 42.6 Å². The van der Waals surface area contributed by atoms with E-state index in [-0.39, 0.29) is 11.0 Å². The van der Waals surface area contributed by atoms with E-state index >= 15 is 0 Å². The minimum absolute atomic E-state index is 0.0715. The van der Waals surface area contributed by atoms with Crippen LogP contribution in [-0.4, -0.2) is 35.2 Å². The topological polar surface area (TPSA) is 16.4 Å². The summed E-state index contributed by atoms with van der Waals surface area (Å²) in [5.74, 6) is 3.89. The van der Waals surface area contributed by atoms with Crippen LogP contribution in [-0.2, 0) is 15.7 Å². The standard InChI is InChI=1S/C45H61N2O/c1-7-21-45(9-3)44(6,8-2)37-17-15-31(27-36(37)42-33-13-11-10-12-30(33)20-22-46(42)45)32-16-19-38-34(26-32)35-23-29(5)25-41-43(35)47(38)39-18-14-28(4)24-40(39)48-41/h10-13,15,17,20,22,27-29,32,34-35,38-41,43H,7-9,14,16,18-19,21,23-26H2,1-6H3/q+1. The zero-order valence-corrected chi connectivity index (χ0v) is 30.8. The van der Waals surface area contributed by atoms with E-state index in [1.807, 2.05) is 0 Å². The summed E-state index contributed by atoms with van der Waals surface area (Å²) < 4.78 is 9.86. The lowest BCUT2D eigenvalue weighted by molar-refractivity contribution is -0.769. The van der Waals surface area contributed by atoms with Gasteiger partial charge >= 0.3 is 0 Å². The van der Waals surface area contributed by atoms with E-state index in [0.29, 0.717) is 30.2 Å². The lowest BCUT2D eigenvalue weighted by atomic mass is 9.58. The van der Waals surface area contributed by atoms with Crippen molar-refractivity contribution in [1.29, 1.82) is 0 Å². The van der Waals surface area contributed by atoms with E-state index in [4.69, 9.17) is 4.74 Å². The Labute approximate surface area is 290 Å². The Bertz CT molecular complexity index is 1700. The summed E-state index contributed by atoms with van der Waals surface area (Å²) in [4.78, 5) is 3.14. The van der Waals surface area contributed by atoms with Gasteiger partial charge in [0.25, 0.3) is 0 Å². The molecule has 12 atom stereocenters. The molecule has 256 valence electrons. The summed E-state index contributed by atoms with van der Waals surface area (Å²) in [5, 5.41) is 2.78. The number of nitrogens with zero attached hydrogens (tertiary/aromatic N) is 2. The number of rotatable bonds is 5. The zero-order valence-electron chi connectivity index (χ0n) is 30.8. The Kier molecular flexibility index (Phi) is 7.71. The minimum atomic E-state index is 0.0715. The Morgan fingerprint density at radius 1 is 0.812 bits per heavy atom. The van der Waals surface area contributed by atoms with Crippen molar-refractivity contribution in [2.45, 2.75) is 166 Å². The maximum absolute atomic E-state index is 7.09. The largest absolute Gasteiger partial charge is 0.372 e. The highest BCUT2D eigenvalue weighted by molar-refractivity contribution is 5.94. The second kappa shape index (κ2) is 11.7.